The number of benzene rings is 1. The van der Waals surface area contributed by atoms with Crippen LogP contribution in [0.1, 0.15) is 41.2 Å². The highest BCUT2D eigenvalue weighted by Crippen LogP contribution is 2.31. The van der Waals surface area contributed by atoms with Gasteiger partial charge in [-0.05, 0) is 49.4 Å². The van der Waals surface area contributed by atoms with Crippen LogP contribution in [0.25, 0.3) is 0 Å². The highest BCUT2D eigenvalue weighted by molar-refractivity contribution is 5.82. The van der Waals surface area contributed by atoms with Crippen molar-refractivity contribution in [3.63, 3.8) is 0 Å². The molecule has 0 spiro atoms. The Labute approximate surface area is 147 Å². The molecule has 25 heavy (non-hydrogen) atoms. The summed E-state index contributed by atoms with van der Waals surface area (Å²) < 4.78 is 8.04. The molecule has 0 bridgehead atoms. The van der Waals surface area contributed by atoms with E-state index in [0.29, 0.717) is 19.4 Å². The average Bonchev–Trinajstić information content (AvgIpc) is 3.20. The number of rotatable bonds is 4. The van der Waals surface area contributed by atoms with Gasteiger partial charge in [0.1, 0.15) is 17.4 Å². The molecule has 132 valence electrons. The van der Waals surface area contributed by atoms with Gasteiger partial charge in [-0.2, -0.15) is 0 Å². The van der Waals surface area contributed by atoms with Crippen LogP contribution in [0.4, 0.5) is 0 Å². The van der Waals surface area contributed by atoms with Crippen LogP contribution in [0.5, 0.6) is 5.75 Å². The summed E-state index contributed by atoms with van der Waals surface area (Å²) in [4.78, 5) is 12.4. The van der Waals surface area contributed by atoms with Gasteiger partial charge >= 0.3 is 0 Å². The minimum Gasteiger partial charge on any atom is -0.480 e. The molecular formula is C19H24N4O2. The monoisotopic (exact) mass is 340 g/mol. The summed E-state index contributed by atoms with van der Waals surface area (Å²) in [7, 11) is 0. The molecule has 2 aliphatic rings. The first-order valence-corrected chi connectivity index (χ1v) is 9.07. The standard InChI is InChI=1S/C19H24N4O2/c1-12-9-14-11-16(25-15(14)10-13(12)2)19(24)20-7-6-18-22-21-17-5-3-4-8-23(17)18/h9-10,16H,3-8,11H2,1-2H3,(H,20,24)/t16-/m1/s1. The summed E-state index contributed by atoms with van der Waals surface area (Å²) in [5.74, 6) is 2.84. The molecule has 0 saturated carbocycles. The fourth-order valence-electron chi connectivity index (χ4n) is 3.62. The summed E-state index contributed by atoms with van der Waals surface area (Å²) in [5, 5.41) is 11.5. The maximum atomic E-state index is 12.4. The Morgan fingerprint density at radius 2 is 2.12 bits per heavy atom. The Morgan fingerprint density at radius 3 is 3.00 bits per heavy atom. The first kappa shape index (κ1) is 16.1. The molecule has 2 aliphatic heterocycles. The Hall–Kier alpha value is -2.37. The summed E-state index contributed by atoms with van der Waals surface area (Å²) in [6.45, 7) is 5.70. The molecule has 1 amide bonds. The van der Waals surface area contributed by atoms with Gasteiger partial charge in [0, 0.05) is 32.4 Å². The number of hydrogen-bond donors (Lipinski definition) is 1. The second kappa shape index (κ2) is 6.50. The zero-order valence-corrected chi connectivity index (χ0v) is 14.8. The lowest BCUT2D eigenvalue weighted by Gasteiger charge is -2.15. The minimum absolute atomic E-state index is 0.0510. The van der Waals surface area contributed by atoms with Crippen LogP contribution in [0.2, 0.25) is 0 Å². The molecular weight excluding hydrogens is 316 g/mol. The molecule has 0 saturated heterocycles. The molecule has 4 rings (SSSR count). The molecule has 1 N–H and O–H groups in total. The van der Waals surface area contributed by atoms with E-state index in [4.69, 9.17) is 4.74 Å². The lowest BCUT2D eigenvalue weighted by molar-refractivity contribution is -0.127. The van der Waals surface area contributed by atoms with E-state index in [9.17, 15) is 4.79 Å². The van der Waals surface area contributed by atoms with Gasteiger partial charge in [0.15, 0.2) is 6.10 Å². The largest absolute Gasteiger partial charge is 0.480 e. The summed E-state index contributed by atoms with van der Waals surface area (Å²) in [6, 6.07) is 4.15. The van der Waals surface area contributed by atoms with Crippen molar-refractivity contribution in [3.8, 4) is 5.75 Å². The number of fused-ring (bicyclic) bond motifs is 2. The van der Waals surface area contributed by atoms with Crippen LogP contribution >= 0.6 is 0 Å². The molecule has 6 heteroatoms. The van der Waals surface area contributed by atoms with Gasteiger partial charge in [0.2, 0.25) is 0 Å². The number of aromatic nitrogens is 3. The van der Waals surface area contributed by atoms with Crippen molar-refractivity contribution < 1.29 is 9.53 Å². The summed E-state index contributed by atoms with van der Waals surface area (Å²) in [5.41, 5.74) is 3.55. The van der Waals surface area contributed by atoms with Crippen molar-refractivity contribution in [1.29, 1.82) is 0 Å². The van der Waals surface area contributed by atoms with Crippen molar-refractivity contribution in [2.45, 2.75) is 58.6 Å². The molecule has 0 fully saturated rings. The van der Waals surface area contributed by atoms with E-state index in [2.05, 4.69) is 40.0 Å². The minimum atomic E-state index is -0.427. The average molecular weight is 340 g/mol. The highest BCUT2D eigenvalue weighted by atomic mass is 16.5. The van der Waals surface area contributed by atoms with Crippen molar-refractivity contribution in [3.05, 3.63) is 40.5 Å². The van der Waals surface area contributed by atoms with Crippen LogP contribution in [0, 0.1) is 13.8 Å². The lowest BCUT2D eigenvalue weighted by atomic mass is 10.0. The third kappa shape index (κ3) is 3.13. The van der Waals surface area contributed by atoms with Gasteiger partial charge in [-0.25, -0.2) is 0 Å². The fourth-order valence-corrected chi connectivity index (χ4v) is 3.62. The van der Waals surface area contributed by atoms with Gasteiger partial charge in [0.25, 0.3) is 5.91 Å². The van der Waals surface area contributed by atoms with Crippen LogP contribution in [-0.2, 0) is 30.6 Å². The maximum Gasteiger partial charge on any atom is 0.261 e. The predicted molar refractivity (Wildman–Crippen MR) is 93.7 cm³/mol. The van der Waals surface area contributed by atoms with Crippen LogP contribution in [0.3, 0.4) is 0 Å². The number of aryl methyl sites for hydroxylation is 3. The second-order valence-corrected chi connectivity index (χ2v) is 7.04. The van der Waals surface area contributed by atoms with E-state index >= 15 is 0 Å². The Kier molecular flexibility index (Phi) is 4.19. The van der Waals surface area contributed by atoms with Gasteiger partial charge in [-0.3, -0.25) is 4.79 Å². The third-order valence-electron chi connectivity index (χ3n) is 5.23. The number of nitrogens with one attached hydrogen (secondary N) is 1. The number of carbonyl (C=O) groups excluding carboxylic acids is 1. The quantitative estimate of drug-likeness (QED) is 0.923. The van der Waals surface area contributed by atoms with Gasteiger partial charge in [-0.1, -0.05) is 6.07 Å². The Morgan fingerprint density at radius 1 is 1.28 bits per heavy atom. The topological polar surface area (TPSA) is 69.0 Å². The van der Waals surface area contributed by atoms with Gasteiger partial charge < -0.3 is 14.6 Å². The van der Waals surface area contributed by atoms with E-state index in [1.165, 1.54) is 24.0 Å². The Balaban J connectivity index is 1.32. The van der Waals surface area contributed by atoms with Gasteiger partial charge in [0.05, 0.1) is 0 Å². The summed E-state index contributed by atoms with van der Waals surface area (Å²) in [6.07, 6.45) is 4.29. The van der Waals surface area contributed by atoms with E-state index in [1.54, 1.807) is 0 Å². The lowest BCUT2D eigenvalue weighted by Crippen LogP contribution is -2.38. The molecule has 3 heterocycles. The number of amides is 1. The van der Waals surface area contributed by atoms with Crippen LogP contribution in [-0.4, -0.2) is 33.3 Å². The molecule has 0 aliphatic carbocycles. The van der Waals surface area contributed by atoms with Crippen LogP contribution in [0.15, 0.2) is 12.1 Å². The van der Waals surface area contributed by atoms with Crippen LogP contribution < -0.4 is 10.1 Å². The summed E-state index contributed by atoms with van der Waals surface area (Å²) >= 11 is 0. The predicted octanol–water partition coefficient (Wildman–Crippen LogP) is 1.89. The first-order chi connectivity index (χ1) is 12.1. The smallest absolute Gasteiger partial charge is 0.261 e. The second-order valence-electron chi connectivity index (χ2n) is 7.04. The number of hydrogen-bond acceptors (Lipinski definition) is 4. The maximum absolute atomic E-state index is 12.4. The highest BCUT2D eigenvalue weighted by Gasteiger charge is 2.29. The zero-order chi connectivity index (χ0) is 17.4. The Bertz CT molecular complexity index is 781. The van der Waals surface area contributed by atoms with Crippen molar-refractivity contribution in [2.75, 3.05) is 6.54 Å². The van der Waals surface area contributed by atoms with E-state index in [-0.39, 0.29) is 5.91 Å². The van der Waals surface area contributed by atoms with Crippen molar-refractivity contribution in [2.24, 2.45) is 0 Å². The molecule has 1 aromatic carbocycles. The molecule has 6 nitrogen and oxygen atoms in total. The zero-order valence-electron chi connectivity index (χ0n) is 14.8. The fraction of sp³-hybridized carbons (Fsp3) is 0.526. The number of nitrogens with zero attached hydrogens (tertiary/aromatic N) is 3. The number of ether oxygens (including phenoxy) is 1. The normalized spacial score (nSPS) is 18.4. The SMILES string of the molecule is Cc1cc2c(cc1C)O[C@@H](C(=O)NCCc1nnc3n1CCCC3)C2. The van der Waals surface area contributed by atoms with E-state index in [1.807, 2.05) is 6.07 Å². The molecule has 0 unspecified atom stereocenters. The first-order valence-electron chi connectivity index (χ1n) is 9.07. The van der Waals surface area contributed by atoms with Crippen molar-refractivity contribution in [1.82, 2.24) is 20.1 Å². The van der Waals surface area contributed by atoms with Crippen molar-refractivity contribution >= 4 is 5.91 Å². The van der Waals surface area contributed by atoms with E-state index < -0.39 is 6.10 Å². The molecule has 1 atom stereocenters. The molecule has 1 aromatic heterocycles. The number of carbonyl (C=O) groups is 1. The molecule has 2 aromatic rings. The third-order valence-corrected chi connectivity index (χ3v) is 5.23. The van der Waals surface area contributed by atoms with Gasteiger partial charge in [-0.15, -0.1) is 10.2 Å². The van der Waals surface area contributed by atoms with E-state index in [0.717, 1.165) is 35.9 Å². The molecule has 0 radical (unpaired) electrons.